The fourth-order valence-electron chi connectivity index (χ4n) is 2.36. The summed E-state index contributed by atoms with van der Waals surface area (Å²) in [6.07, 6.45) is 0.425. The van der Waals surface area contributed by atoms with Crippen LogP contribution in [0.1, 0.15) is 4.88 Å². The lowest BCUT2D eigenvalue weighted by atomic mass is 10.2. The van der Waals surface area contributed by atoms with Crippen molar-refractivity contribution in [1.82, 2.24) is 9.55 Å². The molecule has 0 radical (unpaired) electrons. The van der Waals surface area contributed by atoms with Gasteiger partial charge in [-0.3, -0.25) is 19.5 Å². The summed E-state index contributed by atoms with van der Waals surface area (Å²) in [4.78, 5) is 27.9. The van der Waals surface area contributed by atoms with Crippen LogP contribution in [0.4, 0.5) is 5.69 Å². The first-order valence-corrected chi connectivity index (χ1v) is 8.34. The number of nitro groups is 1. The van der Waals surface area contributed by atoms with Gasteiger partial charge in [-0.25, -0.2) is 4.98 Å². The SMILES string of the molecule is O=c1c2cc([N+](=O)[O-])ccc2ncn1CC(O)COCc1cccs1. The van der Waals surface area contributed by atoms with E-state index >= 15 is 0 Å². The summed E-state index contributed by atoms with van der Waals surface area (Å²) in [6.45, 7) is 0.456. The molecule has 9 heteroatoms. The second-order valence-corrected chi connectivity index (χ2v) is 6.44. The molecule has 0 bridgehead atoms. The van der Waals surface area contributed by atoms with Gasteiger partial charge in [0.2, 0.25) is 0 Å². The van der Waals surface area contributed by atoms with Crippen LogP contribution in [0.3, 0.4) is 0 Å². The van der Waals surface area contributed by atoms with Crippen molar-refractivity contribution in [3.05, 3.63) is 67.4 Å². The highest BCUT2D eigenvalue weighted by molar-refractivity contribution is 7.09. The zero-order valence-corrected chi connectivity index (χ0v) is 13.9. The normalized spacial score (nSPS) is 12.4. The first kappa shape index (κ1) is 17.2. The summed E-state index contributed by atoms with van der Waals surface area (Å²) in [5.41, 5.74) is -0.245. The van der Waals surface area contributed by atoms with Crippen LogP contribution >= 0.6 is 11.3 Å². The van der Waals surface area contributed by atoms with Gasteiger partial charge < -0.3 is 9.84 Å². The monoisotopic (exact) mass is 361 g/mol. The summed E-state index contributed by atoms with van der Waals surface area (Å²) in [7, 11) is 0. The Kier molecular flexibility index (Phi) is 5.17. The minimum atomic E-state index is -0.893. The van der Waals surface area contributed by atoms with E-state index in [0.717, 1.165) is 4.88 Å². The molecule has 1 unspecified atom stereocenters. The van der Waals surface area contributed by atoms with Crippen LogP contribution in [0.25, 0.3) is 10.9 Å². The highest BCUT2D eigenvalue weighted by atomic mass is 32.1. The van der Waals surface area contributed by atoms with Crippen LogP contribution in [0.2, 0.25) is 0 Å². The van der Waals surface area contributed by atoms with Gasteiger partial charge in [0, 0.05) is 17.0 Å². The van der Waals surface area contributed by atoms with Crippen molar-refractivity contribution in [2.45, 2.75) is 19.3 Å². The lowest BCUT2D eigenvalue weighted by Crippen LogP contribution is -2.29. The van der Waals surface area contributed by atoms with E-state index in [1.54, 1.807) is 11.3 Å². The molecule has 1 N–H and O–H groups in total. The van der Waals surface area contributed by atoms with Crippen molar-refractivity contribution in [3.63, 3.8) is 0 Å². The van der Waals surface area contributed by atoms with Gasteiger partial charge in [-0.05, 0) is 17.5 Å². The molecule has 0 fully saturated rings. The Labute approximate surface area is 146 Å². The van der Waals surface area contributed by atoms with E-state index in [1.807, 2.05) is 17.5 Å². The minimum Gasteiger partial charge on any atom is -0.389 e. The standard InChI is InChI=1S/C16H15N3O5S/c20-12(8-24-9-13-2-1-5-25-13)7-18-10-17-15-4-3-11(19(22)23)6-14(15)16(18)21/h1-6,10,12,20H,7-9H2. The molecule has 0 saturated heterocycles. The predicted octanol–water partition coefficient (Wildman–Crippen LogP) is 1.94. The van der Waals surface area contributed by atoms with Crippen LogP contribution in [-0.4, -0.2) is 32.3 Å². The number of nitrogens with zero attached hydrogens (tertiary/aromatic N) is 3. The maximum atomic E-state index is 12.4. The number of ether oxygens (including phenoxy) is 1. The maximum absolute atomic E-state index is 12.4. The molecule has 0 amide bonds. The second-order valence-electron chi connectivity index (χ2n) is 5.41. The number of aliphatic hydroxyl groups excluding tert-OH is 1. The Morgan fingerprint density at radius 1 is 1.40 bits per heavy atom. The molecule has 1 aromatic carbocycles. The Morgan fingerprint density at radius 3 is 2.96 bits per heavy atom. The van der Waals surface area contributed by atoms with Gasteiger partial charge in [0.1, 0.15) is 0 Å². The molecular weight excluding hydrogens is 346 g/mol. The molecule has 1 atom stereocenters. The van der Waals surface area contributed by atoms with E-state index in [9.17, 15) is 20.0 Å². The molecule has 130 valence electrons. The number of rotatable bonds is 7. The Hall–Kier alpha value is -2.62. The molecule has 0 aliphatic heterocycles. The van der Waals surface area contributed by atoms with Crippen LogP contribution in [0.5, 0.6) is 0 Å². The first-order chi connectivity index (χ1) is 12.0. The summed E-state index contributed by atoms with van der Waals surface area (Å²) in [5, 5.41) is 23.0. The smallest absolute Gasteiger partial charge is 0.270 e. The molecular formula is C16H15N3O5S. The van der Waals surface area contributed by atoms with E-state index in [0.29, 0.717) is 12.1 Å². The Morgan fingerprint density at radius 2 is 2.24 bits per heavy atom. The van der Waals surface area contributed by atoms with Gasteiger partial charge in [-0.2, -0.15) is 0 Å². The van der Waals surface area contributed by atoms with E-state index < -0.39 is 16.6 Å². The van der Waals surface area contributed by atoms with Crippen molar-refractivity contribution in [1.29, 1.82) is 0 Å². The zero-order chi connectivity index (χ0) is 17.8. The van der Waals surface area contributed by atoms with Gasteiger partial charge in [0.25, 0.3) is 11.2 Å². The number of non-ortho nitro benzene ring substituents is 1. The summed E-state index contributed by atoms with van der Waals surface area (Å²) in [5.74, 6) is 0. The third kappa shape index (κ3) is 4.08. The fraction of sp³-hybridized carbons (Fsp3) is 0.250. The molecule has 8 nitrogen and oxygen atoms in total. The molecule has 3 aromatic rings. The van der Waals surface area contributed by atoms with Crippen LogP contribution < -0.4 is 5.56 Å². The maximum Gasteiger partial charge on any atom is 0.270 e. The number of aliphatic hydroxyl groups is 1. The lowest BCUT2D eigenvalue weighted by Gasteiger charge is -2.13. The number of aromatic nitrogens is 2. The third-order valence-corrected chi connectivity index (χ3v) is 4.41. The predicted molar refractivity (Wildman–Crippen MR) is 92.6 cm³/mol. The molecule has 2 heterocycles. The molecule has 0 saturated carbocycles. The summed E-state index contributed by atoms with van der Waals surface area (Å²) in [6, 6.07) is 7.77. The lowest BCUT2D eigenvalue weighted by molar-refractivity contribution is -0.384. The van der Waals surface area contributed by atoms with Gasteiger partial charge in [0.05, 0.1) is 48.0 Å². The van der Waals surface area contributed by atoms with Crippen LogP contribution in [0, 0.1) is 10.1 Å². The average Bonchev–Trinajstić information content (AvgIpc) is 3.10. The number of hydrogen-bond donors (Lipinski definition) is 1. The average molecular weight is 361 g/mol. The molecule has 0 aliphatic carbocycles. The van der Waals surface area contributed by atoms with Gasteiger partial charge in [-0.1, -0.05) is 6.07 Å². The van der Waals surface area contributed by atoms with Crippen molar-refractivity contribution < 1.29 is 14.8 Å². The Balaban J connectivity index is 1.71. The number of hydrogen-bond acceptors (Lipinski definition) is 7. The molecule has 0 aliphatic rings. The van der Waals surface area contributed by atoms with Crippen LogP contribution in [-0.2, 0) is 17.9 Å². The van der Waals surface area contributed by atoms with Crippen molar-refractivity contribution >= 4 is 27.9 Å². The Bertz CT molecular complexity index is 939. The largest absolute Gasteiger partial charge is 0.389 e. The number of benzene rings is 1. The fourth-order valence-corrected chi connectivity index (χ4v) is 3.00. The molecule has 3 rings (SSSR count). The highest BCUT2D eigenvalue weighted by Gasteiger charge is 2.13. The number of fused-ring (bicyclic) bond motifs is 1. The van der Waals surface area contributed by atoms with Gasteiger partial charge >= 0.3 is 0 Å². The zero-order valence-electron chi connectivity index (χ0n) is 13.1. The van der Waals surface area contributed by atoms with Crippen molar-refractivity contribution in [3.8, 4) is 0 Å². The number of nitro benzene ring substituents is 1. The molecule has 2 aromatic heterocycles. The van der Waals surface area contributed by atoms with Gasteiger partial charge in [0.15, 0.2) is 0 Å². The van der Waals surface area contributed by atoms with Crippen molar-refractivity contribution in [2.24, 2.45) is 0 Å². The van der Waals surface area contributed by atoms with E-state index in [4.69, 9.17) is 4.74 Å². The van der Waals surface area contributed by atoms with Crippen LogP contribution in [0.15, 0.2) is 46.8 Å². The molecule has 0 spiro atoms. The first-order valence-electron chi connectivity index (χ1n) is 7.46. The second kappa shape index (κ2) is 7.51. The quantitative estimate of drug-likeness (QED) is 0.509. The minimum absolute atomic E-state index is 0.00505. The number of thiophene rings is 1. The van der Waals surface area contributed by atoms with Gasteiger partial charge in [-0.15, -0.1) is 11.3 Å². The van der Waals surface area contributed by atoms with E-state index in [1.165, 1.54) is 29.1 Å². The third-order valence-electron chi connectivity index (χ3n) is 3.56. The van der Waals surface area contributed by atoms with E-state index in [-0.39, 0.29) is 24.2 Å². The topological polar surface area (TPSA) is 107 Å². The highest BCUT2D eigenvalue weighted by Crippen LogP contribution is 2.16. The molecule has 25 heavy (non-hydrogen) atoms. The summed E-state index contributed by atoms with van der Waals surface area (Å²) < 4.78 is 6.65. The van der Waals surface area contributed by atoms with Crippen molar-refractivity contribution in [2.75, 3.05) is 6.61 Å². The van der Waals surface area contributed by atoms with E-state index in [2.05, 4.69) is 4.98 Å². The summed E-state index contributed by atoms with van der Waals surface area (Å²) >= 11 is 1.56.